The first-order chi connectivity index (χ1) is 14.1. The van der Waals surface area contributed by atoms with Crippen molar-refractivity contribution in [2.24, 2.45) is 0 Å². The van der Waals surface area contributed by atoms with Crippen molar-refractivity contribution in [2.75, 3.05) is 56.2 Å². The first-order valence-electron chi connectivity index (χ1n) is 9.55. The molecule has 1 fully saturated rings. The Morgan fingerprint density at radius 3 is 2.69 bits per heavy atom. The zero-order valence-corrected chi connectivity index (χ0v) is 16.7. The molecule has 2 heterocycles. The number of hydrogen-bond donors (Lipinski definition) is 1. The Hall–Kier alpha value is -2.61. The van der Waals surface area contributed by atoms with E-state index in [0.717, 1.165) is 32.8 Å². The van der Waals surface area contributed by atoms with E-state index in [1.54, 1.807) is 47.4 Å². The lowest BCUT2D eigenvalue weighted by atomic mass is 10.1. The maximum atomic E-state index is 12.5. The minimum atomic E-state index is -0.299. The molecule has 152 valence electrons. The van der Waals surface area contributed by atoms with Crippen LogP contribution in [-0.2, 0) is 9.53 Å². The van der Waals surface area contributed by atoms with Crippen LogP contribution in [-0.4, -0.2) is 62.7 Å². The van der Waals surface area contributed by atoms with Gasteiger partial charge >= 0.3 is 0 Å². The molecule has 0 spiro atoms. The Balaban J connectivity index is 1.47. The van der Waals surface area contributed by atoms with Gasteiger partial charge in [-0.05, 0) is 24.3 Å². The number of rotatable bonds is 5. The second-order valence-electron chi connectivity index (χ2n) is 6.90. The predicted molar refractivity (Wildman–Crippen MR) is 111 cm³/mol. The third kappa shape index (κ3) is 4.53. The Kier molecular flexibility index (Phi) is 5.99. The molecule has 0 unspecified atom stereocenters. The molecule has 1 N–H and O–H groups in total. The zero-order valence-electron chi connectivity index (χ0n) is 15.9. The van der Waals surface area contributed by atoms with Gasteiger partial charge in [0.15, 0.2) is 6.61 Å². The first kappa shape index (κ1) is 19.7. The minimum Gasteiger partial charge on any atom is -0.481 e. The van der Waals surface area contributed by atoms with E-state index < -0.39 is 0 Å². The summed E-state index contributed by atoms with van der Waals surface area (Å²) in [4.78, 5) is 28.9. The fraction of sp³-hybridized carbons (Fsp3) is 0.333. The summed E-state index contributed by atoms with van der Waals surface area (Å²) in [6, 6.07) is 12.2. The number of benzene rings is 2. The third-order valence-corrected chi connectivity index (χ3v) is 5.35. The monoisotopic (exact) mass is 415 g/mol. The molecule has 2 aromatic rings. The molecule has 29 heavy (non-hydrogen) atoms. The van der Waals surface area contributed by atoms with Gasteiger partial charge in [0, 0.05) is 37.9 Å². The van der Waals surface area contributed by atoms with Crippen molar-refractivity contribution in [2.45, 2.75) is 0 Å². The zero-order chi connectivity index (χ0) is 20.2. The topological polar surface area (TPSA) is 71.1 Å². The van der Waals surface area contributed by atoms with Crippen molar-refractivity contribution in [1.82, 2.24) is 4.90 Å². The standard InChI is InChI=1S/C21H22ClN3O4/c22-17-4-2-1-3-16(17)21(27)23-15-5-6-18-19(13-15)29-14-20(26)25(18)8-7-24-9-11-28-12-10-24/h1-6,13H,7-12,14H2,(H,23,27). The van der Waals surface area contributed by atoms with E-state index in [9.17, 15) is 9.59 Å². The molecule has 4 rings (SSSR count). The number of amides is 2. The highest BCUT2D eigenvalue weighted by Gasteiger charge is 2.26. The van der Waals surface area contributed by atoms with Crippen LogP contribution in [0.3, 0.4) is 0 Å². The van der Waals surface area contributed by atoms with E-state index in [4.69, 9.17) is 21.1 Å². The van der Waals surface area contributed by atoms with Crippen LogP contribution in [0.2, 0.25) is 5.02 Å². The average molecular weight is 416 g/mol. The van der Waals surface area contributed by atoms with Gasteiger partial charge in [-0.15, -0.1) is 0 Å². The van der Waals surface area contributed by atoms with Crippen LogP contribution in [0.15, 0.2) is 42.5 Å². The quantitative estimate of drug-likeness (QED) is 0.812. The van der Waals surface area contributed by atoms with Crippen LogP contribution in [0.1, 0.15) is 10.4 Å². The number of halogens is 1. The molecule has 0 saturated carbocycles. The average Bonchev–Trinajstić information content (AvgIpc) is 2.74. The van der Waals surface area contributed by atoms with E-state index in [2.05, 4.69) is 10.2 Å². The van der Waals surface area contributed by atoms with Gasteiger partial charge in [0.25, 0.3) is 11.8 Å². The molecular formula is C21H22ClN3O4. The second kappa shape index (κ2) is 8.82. The summed E-state index contributed by atoms with van der Waals surface area (Å²) in [6.45, 7) is 4.54. The highest BCUT2D eigenvalue weighted by molar-refractivity contribution is 6.34. The minimum absolute atomic E-state index is 0.0158. The van der Waals surface area contributed by atoms with Gasteiger partial charge in [0.05, 0.1) is 29.5 Å². The maximum absolute atomic E-state index is 12.5. The molecular weight excluding hydrogens is 394 g/mol. The van der Waals surface area contributed by atoms with Gasteiger partial charge in [-0.3, -0.25) is 14.5 Å². The van der Waals surface area contributed by atoms with Gasteiger partial charge in [-0.1, -0.05) is 23.7 Å². The summed E-state index contributed by atoms with van der Waals surface area (Å²) >= 11 is 6.09. The lowest BCUT2D eigenvalue weighted by Gasteiger charge is -2.33. The molecule has 0 bridgehead atoms. The smallest absolute Gasteiger partial charge is 0.265 e. The fourth-order valence-electron chi connectivity index (χ4n) is 3.44. The molecule has 2 amide bonds. The largest absolute Gasteiger partial charge is 0.481 e. The molecule has 2 aliphatic heterocycles. The van der Waals surface area contributed by atoms with E-state index in [0.29, 0.717) is 34.3 Å². The Bertz CT molecular complexity index is 915. The van der Waals surface area contributed by atoms with E-state index in [-0.39, 0.29) is 18.4 Å². The fourth-order valence-corrected chi connectivity index (χ4v) is 3.66. The molecule has 2 aliphatic rings. The molecule has 7 nitrogen and oxygen atoms in total. The van der Waals surface area contributed by atoms with Crippen molar-refractivity contribution >= 4 is 34.8 Å². The molecule has 2 aromatic carbocycles. The van der Waals surface area contributed by atoms with Gasteiger partial charge in [-0.2, -0.15) is 0 Å². The van der Waals surface area contributed by atoms with Crippen molar-refractivity contribution < 1.29 is 19.1 Å². The number of anilines is 2. The Labute approximate surface area is 174 Å². The van der Waals surface area contributed by atoms with Gasteiger partial charge in [0.1, 0.15) is 5.75 Å². The van der Waals surface area contributed by atoms with Crippen LogP contribution in [0, 0.1) is 0 Å². The number of fused-ring (bicyclic) bond motifs is 1. The predicted octanol–water partition coefficient (Wildman–Crippen LogP) is 2.65. The summed E-state index contributed by atoms with van der Waals surface area (Å²) in [7, 11) is 0. The number of nitrogens with zero attached hydrogens (tertiary/aromatic N) is 2. The molecule has 0 atom stereocenters. The normalized spacial score (nSPS) is 16.9. The van der Waals surface area contributed by atoms with E-state index in [1.165, 1.54) is 0 Å². The lowest BCUT2D eigenvalue weighted by molar-refractivity contribution is -0.121. The third-order valence-electron chi connectivity index (χ3n) is 5.02. The van der Waals surface area contributed by atoms with Crippen LogP contribution >= 0.6 is 11.6 Å². The molecule has 0 aromatic heterocycles. The number of hydrogen-bond acceptors (Lipinski definition) is 5. The first-order valence-corrected chi connectivity index (χ1v) is 9.93. The van der Waals surface area contributed by atoms with Gasteiger partial charge < -0.3 is 19.7 Å². The van der Waals surface area contributed by atoms with Crippen molar-refractivity contribution in [3.63, 3.8) is 0 Å². The number of nitrogens with one attached hydrogen (secondary N) is 1. The Morgan fingerprint density at radius 2 is 1.90 bits per heavy atom. The highest BCUT2D eigenvalue weighted by atomic mass is 35.5. The van der Waals surface area contributed by atoms with Crippen molar-refractivity contribution in [1.29, 1.82) is 0 Å². The van der Waals surface area contributed by atoms with Crippen molar-refractivity contribution in [3.8, 4) is 5.75 Å². The van der Waals surface area contributed by atoms with Gasteiger partial charge in [0.2, 0.25) is 0 Å². The molecule has 0 radical (unpaired) electrons. The SMILES string of the molecule is O=C(Nc1ccc2c(c1)OCC(=O)N2CCN1CCOCC1)c1ccccc1Cl. The van der Waals surface area contributed by atoms with E-state index >= 15 is 0 Å². The summed E-state index contributed by atoms with van der Waals surface area (Å²) in [5, 5.41) is 3.22. The van der Waals surface area contributed by atoms with Crippen LogP contribution in [0.4, 0.5) is 11.4 Å². The number of carbonyl (C=O) groups is 2. The lowest BCUT2D eigenvalue weighted by Crippen LogP contribution is -2.45. The summed E-state index contributed by atoms with van der Waals surface area (Å²) < 4.78 is 11.0. The highest BCUT2D eigenvalue weighted by Crippen LogP contribution is 2.34. The number of carbonyl (C=O) groups excluding carboxylic acids is 2. The summed E-state index contributed by atoms with van der Waals surface area (Å²) in [5.41, 5.74) is 1.69. The summed E-state index contributed by atoms with van der Waals surface area (Å²) in [6.07, 6.45) is 0. The number of morpholine rings is 1. The van der Waals surface area contributed by atoms with Crippen molar-refractivity contribution in [3.05, 3.63) is 53.1 Å². The maximum Gasteiger partial charge on any atom is 0.265 e. The Morgan fingerprint density at radius 1 is 1.10 bits per heavy atom. The van der Waals surface area contributed by atoms with Crippen LogP contribution in [0.5, 0.6) is 5.75 Å². The van der Waals surface area contributed by atoms with E-state index in [1.807, 2.05) is 0 Å². The van der Waals surface area contributed by atoms with Crippen LogP contribution < -0.4 is 15.0 Å². The number of ether oxygens (including phenoxy) is 2. The van der Waals surface area contributed by atoms with Crippen LogP contribution in [0.25, 0.3) is 0 Å². The molecule has 0 aliphatic carbocycles. The van der Waals surface area contributed by atoms with Gasteiger partial charge in [-0.25, -0.2) is 0 Å². The molecule has 8 heteroatoms. The molecule has 1 saturated heterocycles. The summed E-state index contributed by atoms with van der Waals surface area (Å²) in [5.74, 6) is 0.203. The second-order valence-corrected chi connectivity index (χ2v) is 7.31.